The molecule has 1 N–H and O–H groups in total. The molecule has 0 atom stereocenters. The Kier molecular flexibility index (Phi) is 4.25. The molecule has 86 valence electrons. The van der Waals surface area contributed by atoms with E-state index in [9.17, 15) is 18.0 Å². The minimum atomic E-state index is -1.31. The summed E-state index contributed by atoms with van der Waals surface area (Å²) in [5.74, 6) is -4.33. The van der Waals surface area contributed by atoms with Gasteiger partial charge in [-0.2, -0.15) is 0 Å². The van der Waals surface area contributed by atoms with Crippen molar-refractivity contribution in [2.24, 2.45) is 0 Å². The van der Waals surface area contributed by atoms with E-state index in [1.807, 2.05) is 0 Å². The van der Waals surface area contributed by atoms with Gasteiger partial charge in [0.25, 0.3) is 0 Å². The second-order valence-corrected chi connectivity index (χ2v) is 3.07. The van der Waals surface area contributed by atoms with Crippen LogP contribution in [0.2, 0.25) is 0 Å². The monoisotopic (exact) mass is 229 g/mol. The van der Waals surface area contributed by atoms with Crippen LogP contribution in [0, 0.1) is 17.5 Å². The Labute approximate surface area is 90.8 Å². The molecule has 1 aromatic rings. The summed E-state index contributed by atoms with van der Waals surface area (Å²) in [6, 6.07) is 0.908. The molecule has 0 aliphatic carbocycles. The van der Waals surface area contributed by atoms with Crippen LogP contribution >= 0.6 is 0 Å². The van der Waals surface area contributed by atoms with Crippen molar-refractivity contribution in [2.45, 2.75) is 0 Å². The van der Waals surface area contributed by atoms with E-state index in [1.165, 1.54) is 6.08 Å². The van der Waals surface area contributed by atoms with Gasteiger partial charge in [-0.1, -0.05) is 6.08 Å². The molecule has 0 amide bonds. The molecule has 0 aromatic heterocycles. The molecule has 0 radical (unpaired) electrons. The van der Waals surface area contributed by atoms with Gasteiger partial charge in [0.05, 0.1) is 5.56 Å². The van der Waals surface area contributed by atoms with Crippen molar-refractivity contribution in [2.75, 3.05) is 13.6 Å². The van der Waals surface area contributed by atoms with E-state index >= 15 is 0 Å². The van der Waals surface area contributed by atoms with Gasteiger partial charge in [0.1, 0.15) is 5.82 Å². The Balaban J connectivity index is 2.96. The molecule has 5 heteroatoms. The van der Waals surface area contributed by atoms with Crippen molar-refractivity contribution >= 4 is 5.78 Å². The van der Waals surface area contributed by atoms with Crippen LogP contribution in [0.4, 0.5) is 13.2 Å². The van der Waals surface area contributed by atoms with Gasteiger partial charge in [0.2, 0.25) is 0 Å². The summed E-state index contributed by atoms with van der Waals surface area (Å²) in [7, 11) is 1.67. The van der Waals surface area contributed by atoms with E-state index in [4.69, 9.17) is 0 Å². The zero-order valence-electron chi connectivity index (χ0n) is 8.56. The molecule has 0 fully saturated rings. The maximum atomic E-state index is 13.1. The summed E-state index contributed by atoms with van der Waals surface area (Å²) in [4.78, 5) is 11.4. The number of likely N-dealkylation sites (N-methyl/N-ethyl adjacent to an activating group) is 1. The zero-order chi connectivity index (χ0) is 12.1. The van der Waals surface area contributed by atoms with E-state index < -0.39 is 28.8 Å². The van der Waals surface area contributed by atoms with Gasteiger partial charge in [-0.25, -0.2) is 13.2 Å². The predicted octanol–water partition coefficient (Wildman–Crippen LogP) is 2.06. The van der Waals surface area contributed by atoms with Gasteiger partial charge >= 0.3 is 0 Å². The fraction of sp³-hybridized carbons (Fsp3) is 0.182. The van der Waals surface area contributed by atoms with E-state index in [0.717, 1.165) is 6.08 Å². The number of carbonyl (C=O) groups is 1. The number of nitrogens with one attached hydrogen (secondary N) is 1. The maximum Gasteiger partial charge on any atom is 0.188 e. The summed E-state index contributed by atoms with van der Waals surface area (Å²) >= 11 is 0. The Morgan fingerprint density at radius 1 is 1.25 bits per heavy atom. The quantitative estimate of drug-likeness (QED) is 0.486. The summed E-state index contributed by atoms with van der Waals surface area (Å²) < 4.78 is 38.5. The third kappa shape index (κ3) is 2.93. The number of ketones is 1. The van der Waals surface area contributed by atoms with Gasteiger partial charge in [0, 0.05) is 12.6 Å². The molecule has 0 heterocycles. The lowest BCUT2D eigenvalue weighted by atomic mass is 10.1. The molecular weight excluding hydrogens is 219 g/mol. The lowest BCUT2D eigenvalue weighted by Gasteiger charge is -2.00. The number of benzene rings is 1. The van der Waals surface area contributed by atoms with Crippen molar-refractivity contribution < 1.29 is 18.0 Å². The molecule has 0 unspecified atom stereocenters. The average molecular weight is 229 g/mol. The molecular formula is C11H10F3NO. The SMILES string of the molecule is CNC/C=C\C(=O)c1cc(F)c(F)cc1F. The molecule has 0 saturated heterocycles. The number of hydrogen-bond acceptors (Lipinski definition) is 2. The lowest BCUT2D eigenvalue weighted by molar-refractivity contribution is 0.104. The first-order valence-electron chi connectivity index (χ1n) is 4.56. The molecule has 16 heavy (non-hydrogen) atoms. The Morgan fingerprint density at radius 2 is 1.88 bits per heavy atom. The number of rotatable bonds is 4. The topological polar surface area (TPSA) is 29.1 Å². The highest BCUT2D eigenvalue weighted by atomic mass is 19.2. The van der Waals surface area contributed by atoms with Gasteiger partial charge in [-0.15, -0.1) is 0 Å². The predicted molar refractivity (Wildman–Crippen MR) is 53.7 cm³/mol. The second-order valence-electron chi connectivity index (χ2n) is 3.07. The van der Waals surface area contributed by atoms with Crippen LogP contribution in [-0.4, -0.2) is 19.4 Å². The second kappa shape index (κ2) is 5.46. The smallest absolute Gasteiger partial charge is 0.188 e. The van der Waals surface area contributed by atoms with Crippen LogP contribution in [0.25, 0.3) is 0 Å². The highest BCUT2D eigenvalue weighted by molar-refractivity contribution is 6.04. The zero-order valence-corrected chi connectivity index (χ0v) is 8.56. The standard InChI is InChI=1S/C11H10F3NO/c1-15-4-2-3-11(16)7-5-9(13)10(14)6-8(7)12/h2-3,5-6,15H,4H2,1H3/b3-2-. The highest BCUT2D eigenvalue weighted by Gasteiger charge is 2.13. The molecule has 0 saturated carbocycles. The minimum Gasteiger partial charge on any atom is -0.316 e. The van der Waals surface area contributed by atoms with Crippen LogP contribution in [0.15, 0.2) is 24.3 Å². The van der Waals surface area contributed by atoms with Crippen LogP contribution in [0.1, 0.15) is 10.4 Å². The maximum absolute atomic E-state index is 13.1. The van der Waals surface area contributed by atoms with Crippen molar-refractivity contribution in [3.05, 3.63) is 47.3 Å². The molecule has 1 rings (SSSR count). The first-order valence-corrected chi connectivity index (χ1v) is 4.56. The molecule has 2 nitrogen and oxygen atoms in total. The van der Waals surface area contributed by atoms with Crippen LogP contribution in [0.5, 0.6) is 0 Å². The normalized spacial score (nSPS) is 11.0. The van der Waals surface area contributed by atoms with Crippen LogP contribution in [-0.2, 0) is 0 Å². The summed E-state index contributed by atoms with van der Waals surface area (Å²) in [5, 5.41) is 2.74. The molecule has 1 aromatic carbocycles. The van der Waals surface area contributed by atoms with Gasteiger partial charge < -0.3 is 5.32 Å². The first kappa shape index (κ1) is 12.4. The number of carbonyl (C=O) groups excluding carboxylic acids is 1. The first-order chi connectivity index (χ1) is 7.56. The number of hydrogen-bond donors (Lipinski definition) is 1. The van der Waals surface area contributed by atoms with E-state index in [-0.39, 0.29) is 0 Å². The van der Waals surface area contributed by atoms with Gasteiger partial charge in [-0.3, -0.25) is 4.79 Å². The van der Waals surface area contributed by atoms with E-state index in [0.29, 0.717) is 18.7 Å². The Morgan fingerprint density at radius 3 is 2.50 bits per heavy atom. The number of halogens is 3. The van der Waals surface area contributed by atoms with E-state index in [2.05, 4.69) is 5.32 Å². The Bertz CT molecular complexity index is 429. The third-order valence-corrected chi connectivity index (χ3v) is 1.87. The summed E-state index contributed by atoms with van der Waals surface area (Å²) in [6.45, 7) is 0.428. The van der Waals surface area contributed by atoms with Crippen molar-refractivity contribution in [3.63, 3.8) is 0 Å². The fourth-order valence-corrected chi connectivity index (χ4v) is 1.08. The molecule has 0 aliphatic rings. The average Bonchev–Trinajstić information content (AvgIpc) is 2.23. The lowest BCUT2D eigenvalue weighted by Crippen LogP contribution is -2.06. The molecule has 0 spiro atoms. The highest BCUT2D eigenvalue weighted by Crippen LogP contribution is 2.14. The number of allylic oxidation sites excluding steroid dienone is 1. The van der Waals surface area contributed by atoms with Gasteiger partial charge in [0.15, 0.2) is 17.4 Å². The van der Waals surface area contributed by atoms with Crippen LogP contribution in [0.3, 0.4) is 0 Å². The van der Waals surface area contributed by atoms with Crippen molar-refractivity contribution in [1.82, 2.24) is 5.32 Å². The van der Waals surface area contributed by atoms with Crippen molar-refractivity contribution in [1.29, 1.82) is 0 Å². The summed E-state index contributed by atoms with van der Waals surface area (Å²) in [5.41, 5.74) is -0.480. The fourth-order valence-electron chi connectivity index (χ4n) is 1.08. The van der Waals surface area contributed by atoms with Gasteiger partial charge in [-0.05, 0) is 19.2 Å². The molecule has 0 bridgehead atoms. The third-order valence-electron chi connectivity index (χ3n) is 1.87. The minimum absolute atomic E-state index is 0.356. The van der Waals surface area contributed by atoms with Crippen molar-refractivity contribution in [3.8, 4) is 0 Å². The summed E-state index contributed by atoms with van der Waals surface area (Å²) in [6.07, 6.45) is 2.56. The largest absolute Gasteiger partial charge is 0.316 e. The molecule has 0 aliphatic heterocycles. The van der Waals surface area contributed by atoms with Crippen LogP contribution < -0.4 is 5.32 Å². The van der Waals surface area contributed by atoms with E-state index in [1.54, 1.807) is 7.05 Å². The Hall–Kier alpha value is -1.62.